The third kappa shape index (κ3) is 4.11. The monoisotopic (exact) mass is 427 g/mol. The van der Waals surface area contributed by atoms with E-state index in [-0.39, 0.29) is 22.6 Å². The van der Waals surface area contributed by atoms with Gasteiger partial charge >= 0.3 is 0 Å². The summed E-state index contributed by atoms with van der Waals surface area (Å²) >= 11 is 0. The summed E-state index contributed by atoms with van der Waals surface area (Å²) in [5, 5.41) is 2.87. The maximum absolute atomic E-state index is 12.6. The Morgan fingerprint density at radius 1 is 1.03 bits per heavy atom. The van der Waals surface area contributed by atoms with Gasteiger partial charge in [-0.15, -0.1) is 0 Å². The van der Waals surface area contributed by atoms with Crippen molar-refractivity contribution in [2.24, 2.45) is 5.92 Å². The Labute approximate surface area is 176 Å². The second-order valence-corrected chi connectivity index (χ2v) is 10.2. The first-order valence-electron chi connectivity index (χ1n) is 10.0. The molecule has 7 nitrogen and oxygen atoms in total. The van der Waals surface area contributed by atoms with Crippen LogP contribution < -0.4 is 5.32 Å². The molecular weight excluding hydrogens is 402 g/mol. The lowest BCUT2D eigenvalue weighted by molar-refractivity contribution is -0.133. The van der Waals surface area contributed by atoms with E-state index in [1.165, 1.54) is 43.9 Å². The number of carbonyl (C=O) groups is 2. The Balaban J connectivity index is 1.46. The standard InChI is InChI=1S/C22H25N3O4S/c1-24(2)30(28,29)20-9-6-16(7-10-20)21(26)23-19-8-5-15-11-12-25(14-18(15)13-19)22(27)17-3-4-17/h5-10,13,17H,3-4,11-12,14H2,1-2H3,(H,23,26). The minimum atomic E-state index is -3.53. The van der Waals surface area contributed by atoms with Crippen molar-refractivity contribution in [1.29, 1.82) is 0 Å². The Kier molecular flexibility index (Phi) is 5.38. The van der Waals surface area contributed by atoms with E-state index in [0.29, 0.717) is 17.8 Å². The minimum absolute atomic E-state index is 0.137. The van der Waals surface area contributed by atoms with Gasteiger partial charge in [-0.25, -0.2) is 12.7 Å². The molecule has 158 valence electrons. The topological polar surface area (TPSA) is 86.8 Å². The first kappa shape index (κ1) is 20.6. The molecule has 2 amide bonds. The fourth-order valence-electron chi connectivity index (χ4n) is 3.60. The highest BCUT2D eigenvalue weighted by atomic mass is 32.2. The van der Waals surface area contributed by atoms with E-state index in [4.69, 9.17) is 0 Å². The number of fused-ring (bicyclic) bond motifs is 1. The molecule has 1 fully saturated rings. The molecular formula is C22H25N3O4S. The molecule has 0 saturated heterocycles. The van der Waals surface area contributed by atoms with Crippen molar-refractivity contribution in [3.63, 3.8) is 0 Å². The summed E-state index contributed by atoms with van der Waals surface area (Å²) in [5.41, 5.74) is 3.28. The fourth-order valence-corrected chi connectivity index (χ4v) is 4.51. The van der Waals surface area contributed by atoms with E-state index in [9.17, 15) is 18.0 Å². The Bertz CT molecular complexity index is 1090. The molecule has 0 bridgehead atoms. The smallest absolute Gasteiger partial charge is 0.255 e. The zero-order valence-electron chi connectivity index (χ0n) is 17.1. The molecule has 0 radical (unpaired) electrons. The summed E-state index contributed by atoms with van der Waals surface area (Å²) in [6.07, 6.45) is 2.81. The van der Waals surface area contributed by atoms with Crippen molar-refractivity contribution >= 4 is 27.5 Å². The molecule has 0 aromatic heterocycles. The summed E-state index contributed by atoms with van der Waals surface area (Å²) in [6.45, 7) is 1.32. The molecule has 0 unspecified atom stereocenters. The third-order valence-corrected chi connectivity index (χ3v) is 7.44. The normalized spacial score (nSPS) is 16.3. The number of nitrogens with one attached hydrogen (secondary N) is 1. The summed E-state index contributed by atoms with van der Waals surface area (Å²) in [5.74, 6) is 0.127. The number of hydrogen-bond acceptors (Lipinski definition) is 4. The summed E-state index contributed by atoms with van der Waals surface area (Å²) in [6, 6.07) is 11.6. The molecule has 2 aromatic carbocycles. The van der Waals surface area contributed by atoms with Gasteiger partial charge in [0, 0.05) is 44.4 Å². The molecule has 2 aliphatic rings. The number of carbonyl (C=O) groups excluding carboxylic acids is 2. The van der Waals surface area contributed by atoms with Crippen LogP contribution in [0, 0.1) is 5.92 Å². The first-order chi connectivity index (χ1) is 14.3. The lowest BCUT2D eigenvalue weighted by Gasteiger charge is -2.29. The van der Waals surface area contributed by atoms with Crippen LogP contribution >= 0.6 is 0 Å². The van der Waals surface area contributed by atoms with Crippen LogP contribution in [0.15, 0.2) is 47.4 Å². The van der Waals surface area contributed by atoms with Crippen LogP contribution in [-0.4, -0.2) is 50.1 Å². The lowest BCUT2D eigenvalue weighted by atomic mass is 9.98. The zero-order valence-corrected chi connectivity index (χ0v) is 17.9. The van der Waals surface area contributed by atoms with Gasteiger partial charge in [0.25, 0.3) is 5.91 Å². The van der Waals surface area contributed by atoms with Crippen LogP contribution in [0.2, 0.25) is 0 Å². The van der Waals surface area contributed by atoms with Gasteiger partial charge in [0.05, 0.1) is 4.90 Å². The van der Waals surface area contributed by atoms with Crippen LogP contribution in [0.4, 0.5) is 5.69 Å². The molecule has 2 aromatic rings. The maximum Gasteiger partial charge on any atom is 0.255 e. The van der Waals surface area contributed by atoms with Crippen LogP contribution in [0.5, 0.6) is 0 Å². The van der Waals surface area contributed by atoms with Crippen LogP contribution in [0.1, 0.15) is 34.3 Å². The zero-order chi connectivity index (χ0) is 21.5. The highest BCUT2D eigenvalue weighted by Gasteiger charge is 2.34. The molecule has 4 rings (SSSR count). The Morgan fingerprint density at radius 3 is 2.37 bits per heavy atom. The lowest BCUT2D eigenvalue weighted by Crippen LogP contribution is -2.36. The van der Waals surface area contributed by atoms with Crippen LogP contribution in [-0.2, 0) is 27.8 Å². The predicted octanol–water partition coefficient (Wildman–Crippen LogP) is 2.48. The van der Waals surface area contributed by atoms with Gasteiger partial charge in [-0.2, -0.15) is 0 Å². The number of amides is 2. The number of nitrogens with zero attached hydrogens (tertiary/aromatic N) is 2. The average molecular weight is 428 g/mol. The quantitative estimate of drug-likeness (QED) is 0.794. The van der Waals surface area contributed by atoms with Gasteiger partial charge in [0.15, 0.2) is 0 Å². The van der Waals surface area contributed by atoms with E-state index in [1.807, 2.05) is 23.1 Å². The Hall–Kier alpha value is -2.71. The highest BCUT2D eigenvalue weighted by Crippen LogP contribution is 2.33. The van der Waals surface area contributed by atoms with Crippen LogP contribution in [0.25, 0.3) is 0 Å². The number of sulfonamides is 1. The summed E-state index contributed by atoms with van der Waals surface area (Å²) in [7, 11) is -0.606. The largest absolute Gasteiger partial charge is 0.338 e. The fraction of sp³-hybridized carbons (Fsp3) is 0.364. The van der Waals surface area contributed by atoms with Crippen molar-refractivity contribution < 1.29 is 18.0 Å². The molecule has 1 N–H and O–H groups in total. The number of hydrogen-bond donors (Lipinski definition) is 1. The highest BCUT2D eigenvalue weighted by molar-refractivity contribution is 7.89. The molecule has 1 aliphatic carbocycles. The molecule has 8 heteroatoms. The van der Waals surface area contributed by atoms with Gasteiger partial charge in [0.1, 0.15) is 0 Å². The Morgan fingerprint density at radius 2 is 1.73 bits per heavy atom. The van der Waals surface area contributed by atoms with Crippen molar-refractivity contribution in [3.8, 4) is 0 Å². The van der Waals surface area contributed by atoms with Crippen molar-refractivity contribution in [3.05, 3.63) is 59.2 Å². The maximum atomic E-state index is 12.6. The molecule has 1 saturated carbocycles. The van der Waals surface area contributed by atoms with Gasteiger partial charge in [-0.1, -0.05) is 6.07 Å². The third-order valence-electron chi connectivity index (χ3n) is 5.61. The number of rotatable bonds is 5. The summed E-state index contributed by atoms with van der Waals surface area (Å²) in [4.78, 5) is 27.0. The van der Waals surface area contributed by atoms with E-state index in [0.717, 1.165) is 35.7 Å². The van der Waals surface area contributed by atoms with Crippen molar-refractivity contribution in [1.82, 2.24) is 9.21 Å². The van der Waals surface area contributed by atoms with E-state index >= 15 is 0 Å². The van der Waals surface area contributed by atoms with Gasteiger partial charge in [-0.3, -0.25) is 9.59 Å². The number of benzene rings is 2. The van der Waals surface area contributed by atoms with Gasteiger partial charge in [0.2, 0.25) is 15.9 Å². The second-order valence-electron chi connectivity index (χ2n) is 8.03. The second kappa shape index (κ2) is 7.85. The van der Waals surface area contributed by atoms with Crippen molar-refractivity contribution in [2.45, 2.75) is 30.7 Å². The SMILES string of the molecule is CN(C)S(=O)(=O)c1ccc(C(=O)Nc2ccc3c(c2)CN(C(=O)C2CC2)CC3)cc1. The van der Waals surface area contributed by atoms with Crippen molar-refractivity contribution in [2.75, 3.05) is 26.0 Å². The molecule has 0 atom stereocenters. The van der Waals surface area contributed by atoms with E-state index < -0.39 is 10.0 Å². The van der Waals surface area contributed by atoms with E-state index in [2.05, 4.69) is 5.32 Å². The van der Waals surface area contributed by atoms with Gasteiger partial charge in [-0.05, 0) is 66.8 Å². The predicted molar refractivity (Wildman–Crippen MR) is 114 cm³/mol. The first-order valence-corrected chi connectivity index (χ1v) is 11.4. The van der Waals surface area contributed by atoms with E-state index in [1.54, 1.807) is 0 Å². The number of anilines is 1. The average Bonchev–Trinajstić information content (AvgIpc) is 3.58. The molecule has 1 aliphatic heterocycles. The minimum Gasteiger partial charge on any atom is -0.338 e. The molecule has 30 heavy (non-hydrogen) atoms. The molecule has 0 spiro atoms. The van der Waals surface area contributed by atoms with Crippen LogP contribution in [0.3, 0.4) is 0 Å². The molecule has 1 heterocycles. The summed E-state index contributed by atoms with van der Waals surface area (Å²) < 4.78 is 25.4. The van der Waals surface area contributed by atoms with Gasteiger partial charge < -0.3 is 10.2 Å².